The van der Waals surface area contributed by atoms with Crippen molar-refractivity contribution in [3.05, 3.63) is 77.2 Å². The van der Waals surface area contributed by atoms with Crippen molar-refractivity contribution >= 4 is 22.5 Å². The molecule has 11 heteroatoms. The van der Waals surface area contributed by atoms with E-state index in [1.54, 1.807) is 11.1 Å². The fraction of sp³-hybridized carbons (Fsp3) is 0.296. The highest BCUT2D eigenvalue weighted by Crippen LogP contribution is 2.36. The van der Waals surface area contributed by atoms with Gasteiger partial charge in [0.2, 0.25) is 0 Å². The van der Waals surface area contributed by atoms with Gasteiger partial charge in [-0.25, -0.2) is 13.2 Å². The quantitative estimate of drug-likeness (QED) is 0.516. The summed E-state index contributed by atoms with van der Waals surface area (Å²) in [6, 6.07) is 3.03. The maximum atomic E-state index is 14.7. The van der Waals surface area contributed by atoms with Crippen LogP contribution >= 0.6 is 0 Å². The van der Waals surface area contributed by atoms with E-state index in [9.17, 15) is 18.0 Å². The molecule has 3 aliphatic rings. The van der Waals surface area contributed by atoms with E-state index in [0.717, 1.165) is 30.4 Å². The number of allylic oxidation sites excluding steroid dienone is 3. The smallest absolute Gasteiger partial charge is 0.273 e. The van der Waals surface area contributed by atoms with Crippen LogP contribution in [-0.2, 0) is 9.47 Å². The van der Waals surface area contributed by atoms with Gasteiger partial charge in [0, 0.05) is 48.9 Å². The van der Waals surface area contributed by atoms with Crippen molar-refractivity contribution in [1.82, 2.24) is 20.4 Å². The number of pyridine rings is 2. The number of amides is 1. The summed E-state index contributed by atoms with van der Waals surface area (Å²) in [5.41, 5.74) is 4.52. The van der Waals surface area contributed by atoms with E-state index in [4.69, 9.17) is 9.47 Å². The Morgan fingerprint density at radius 3 is 2.74 bits per heavy atom. The molecule has 0 saturated carbocycles. The number of hydrogen-bond acceptors (Lipinski definition) is 7. The van der Waals surface area contributed by atoms with Crippen molar-refractivity contribution in [2.24, 2.45) is 0 Å². The third kappa shape index (κ3) is 4.32. The molecule has 196 valence electrons. The monoisotopic (exact) mass is 523 g/mol. The molecule has 4 heterocycles. The normalized spacial score (nSPS) is 17.4. The van der Waals surface area contributed by atoms with Gasteiger partial charge in [0.05, 0.1) is 47.9 Å². The van der Waals surface area contributed by atoms with E-state index in [1.807, 2.05) is 17.1 Å². The highest BCUT2D eigenvalue weighted by atomic mass is 19.2. The summed E-state index contributed by atoms with van der Waals surface area (Å²) in [7, 11) is 0. The van der Waals surface area contributed by atoms with Gasteiger partial charge in [0.15, 0.2) is 11.6 Å². The molecule has 1 saturated heterocycles. The Morgan fingerprint density at radius 1 is 1.05 bits per heavy atom. The molecule has 2 aromatic heterocycles. The van der Waals surface area contributed by atoms with Crippen molar-refractivity contribution in [2.75, 3.05) is 44.4 Å². The molecule has 1 fully saturated rings. The molecule has 0 atom stereocenters. The average Bonchev–Trinajstić information content (AvgIpc) is 2.94. The summed E-state index contributed by atoms with van der Waals surface area (Å²) < 4.78 is 54.1. The first-order valence-electron chi connectivity index (χ1n) is 12.4. The zero-order valence-electron chi connectivity index (χ0n) is 20.3. The Bertz CT molecular complexity index is 1490. The lowest BCUT2D eigenvalue weighted by Gasteiger charge is -2.35. The topological polar surface area (TPSA) is 79.8 Å². The molecule has 0 bridgehead atoms. The first-order valence-corrected chi connectivity index (χ1v) is 12.4. The second-order valence-electron chi connectivity index (χ2n) is 9.12. The van der Waals surface area contributed by atoms with Crippen molar-refractivity contribution in [2.45, 2.75) is 12.8 Å². The predicted molar refractivity (Wildman–Crippen MR) is 133 cm³/mol. The standard InChI is InChI=1S/C27H24F3N5O3/c28-16-13-18(23(30)20(29)14-16)25-24-17(5-6-31-25)26(34-7-10-37-11-8-34)19(15-32-24)27(36)33-35-9-12-38-22-4-2-1-3-21(22)35/h1,3,5-6,13-15H,2,4,7-12H2,(H,33,36). The Balaban J connectivity index is 1.46. The molecule has 1 aromatic carbocycles. The molecule has 0 radical (unpaired) electrons. The minimum absolute atomic E-state index is 0.0183. The van der Waals surface area contributed by atoms with Crippen LogP contribution in [0.5, 0.6) is 0 Å². The van der Waals surface area contributed by atoms with Crippen LogP contribution in [0, 0.1) is 17.5 Å². The number of nitrogens with one attached hydrogen (secondary N) is 1. The number of fused-ring (bicyclic) bond motifs is 1. The SMILES string of the molecule is O=C(NN1CCOC2=C1C=CCC2)c1cnc2c(-c3cc(F)cc(F)c3F)nccc2c1N1CCOCC1. The number of halogens is 3. The average molecular weight is 524 g/mol. The first kappa shape index (κ1) is 24.2. The van der Waals surface area contributed by atoms with Gasteiger partial charge in [-0.3, -0.25) is 25.2 Å². The number of morpholine rings is 1. The molecular weight excluding hydrogens is 499 g/mol. The van der Waals surface area contributed by atoms with Crippen LogP contribution in [0.1, 0.15) is 23.2 Å². The van der Waals surface area contributed by atoms with Crippen LogP contribution in [0.4, 0.5) is 18.9 Å². The van der Waals surface area contributed by atoms with E-state index in [2.05, 4.69) is 15.4 Å². The van der Waals surface area contributed by atoms with E-state index in [1.165, 1.54) is 12.4 Å². The van der Waals surface area contributed by atoms with Gasteiger partial charge in [-0.15, -0.1) is 0 Å². The number of ether oxygens (including phenoxy) is 2. The lowest BCUT2D eigenvalue weighted by Crippen LogP contribution is -2.46. The minimum Gasteiger partial charge on any atom is -0.494 e. The molecule has 1 amide bonds. The molecular formula is C27H24F3N5O3. The number of anilines is 1. The summed E-state index contributed by atoms with van der Waals surface area (Å²) in [5, 5.41) is 2.28. The first-order chi connectivity index (χ1) is 18.5. The number of aromatic nitrogens is 2. The largest absolute Gasteiger partial charge is 0.494 e. The molecule has 38 heavy (non-hydrogen) atoms. The third-order valence-electron chi connectivity index (χ3n) is 6.80. The zero-order chi connectivity index (χ0) is 26.2. The van der Waals surface area contributed by atoms with Gasteiger partial charge in [0.1, 0.15) is 18.2 Å². The van der Waals surface area contributed by atoms with Crippen LogP contribution in [0.2, 0.25) is 0 Å². The van der Waals surface area contributed by atoms with Crippen LogP contribution in [0.15, 0.2) is 54.2 Å². The number of nitrogens with zero attached hydrogens (tertiary/aromatic N) is 4. The third-order valence-corrected chi connectivity index (χ3v) is 6.80. The Morgan fingerprint density at radius 2 is 1.89 bits per heavy atom. The molecule has 0 unspecified atom stereocenters. The summed E-state index contributed by atoms with van der Waals surface area (Å²) in [4.78, 5) is 24.3. The maximum Gasteiger partial charge on any atom is 0.273 e. The molecule has 1 aliphatic carbocycles. The van der Waals surface area contributed by atoms with Crippen molar-refractivity contribution in [1.29, 1.82) is 0 Å². The number of carbonyl (C=O) groups excluding carboxylic acids is 1. The molecule has 0 spiro atoms. The van der Waals surface area contributed by atoms with E-state index in [0.29, 0.717) is 62.2 Å². The summed E-state index contributed by atoms with van der Waals surface area (Å²) in [5.74, 6) is -3.02. The van der Waals surface area contributed by atoms with Crippen LogP contribution in [0.3, 0.4) is 0 Å². The van der Waals surface area contributed by atoms with Gasteiger partial charge in [-0.2, -0.15) is 0 Å². The molecule has 3 aromatic rings. The zero-order valence-corrected chi connectivity index (χ0v) is 20.3. The number of benzene rings is 1. The van der Waals surface area contributed by atoms with E-state index >= 15 is 0 Å². The fourth-order valence-electron chi connectivity index (χ4n) is 5.03. The van der Waals surface area contributed by atoms with Crippen molar-refractivity contribution in [3.63, 3.8) is 0 Å². The lowest BCUT2D eigenvalue weighted by molar-refractivity contribution is 0.0689. The maximum absolute atomic E-state index is 14.7. The number of rotatable bonds is 4. The van der Waals surface area contributed by atoms with Crippen LogP contribution in [0.25, 0.3) is 22.2 Å². The number of carbonyl (C=O) groups is 1. The molecule has 6 rings (SSSR count). The fourth-order valence-corrected chi connectivity index (χ4v) is 5.03. The van der Waals surface area contributed by atoms with Gasteiger partial charge >= 0.3 is 0 Å². The second kappa shape index (κ2) is 9.97. The lowest BCUT2D eigenvalue weighted by atomic mass is 10.0. The van der Waals surface area contributed by atoms with Gasteiger partial charge in [0.25, 0.3) is 5.91 Å². The second-order valence-corrected chi connectivity index (χ2v) is 9.12. The van der Waals surface area contributed by atoms with Crippen molar-refractivity contribution < 1.29 is 27.4 Å². The predicted octanol–water partition coefficient (Wildman–Crippen LogP) is 4.09. The Kier molecular flexibility index (Phi) is 6.36. The summed E-state index contributed by atoms with van der Waals surface area (Å²) in [6.07, 6.45) is 8.42. The summed E-state index contributed by atoms with van der Waals surface area (Å²) >= 11 is 0. The minimum atomic E-state index is -1.32. The Labute approximate surface area is 216 Å². The van der Waals surface area contributed by atoms with Crippen molar-refractivity contribution in [3.8, 4) is 11.3 Å². The van der Waals surface area contributed by atoms with E-state index < -0.39 is 17.5 Å². The highest BCUT2D eigenvalue weighted by molar-refractivity contribution is 6.09. The van der Waals surface area contributed by atoms with Crippen LogP contribution < -0.4 is 10.3 Å². The summed E-state index contributed by atoms with van der Waals surface area (Å²) in [6.45, 7) is 2.85. The van der Waals surface area contributed by atoms with E-state index in [-0.39, 0.29) is 22.7 Å². The number of hydrogen-bond donors (Lipinski definition) is 1. The molecule has 1 N–H and O–H groups in total. The highest BCUT2D eigenvalue weighted by Gasteiger charge is 2.28. The molecule has 2 aliphatic heterocycles. The van der Waals surface area contributed by atoms with Gasteiger partial charge in [-0.05, 0) is 24.6 Å². The van der Waals surface area contributed by atoms with Gasteiger partial charge in [-0.1, -0.05) is 6.08 Å². The number of hydrazine groups is 1. The van der Waals surface area contributed by atoms with Gasteiger partial charge < -0.3 is 14.4 Å². The molecule has 8 nitrogen and oxygen atoms in total. The van der Waals surface area contributed by atoms with Crippen LogP contribution in [-0.4, -0.2) is 60.3 Å². The Hall–Kier alpha value is -4.12.